The Bertz CT molecular complexity index is 791. The Labute approximate surface area is 129 Å². The Morgan fingerprint density at radius 1 is 0.955 bits per heavy atom. The van der Waals surface area contributed by atoms with Crippen molar-refractivity contribution >= 4 is 22.5 Å². The molecule has 4 heteroatoms. The lowest BCUT2D eigenvalue weighted by molar-refractivity contribution is 1.08. The minimum absolute atomic E-state index is 0.621. The molecule has 2 aromatic carbocycles. The lowest BCUT2D eigenvalue weighted by atomic mass is 10.1. The molecule has 0 bridgehead atoms. The summed E-state index contributed by atoms with van der Waals surface area (Å²) < 4.78 is 0. The van der Waals surface area contributed by atoms with Crippen LogP contribution in [0.1, 0.15) is 25.2 Å². The van der Waals surface area contributed by atoms with Crippen LogP contribution in [0.5, 0.6) is 0 Å². The van der Waals surface area contributed by atoms with Crippen LogP contribution in [-0.2, 0) is 6.42 Å². The number of nitrogens with zero attached hydrogens (tertiary/aromatic N) is 3. The topological polar surface area (TPSA) is 53.4 Å². The molecule has 0 radical (unpaired) electrons. The van der Waals surface area contributed by atoms with Crippen LogP contribution in [0.3, 0.4) is 0 Å². The fourth-order valence-electron chi connectivity index (χ4n) is 2.23. The van der Waals surface area contributed by atoms with Gasteiger partial charge < -0.3 is 4.98 Å². The first-order chi connectivity index (χ1) is 10.7. The first kappa shape index (κ1) is 14.2. The zero-order chi connectivity index (χ0) is 15.4. The van der Waals surface area contributed by atoms with Gasteiger partial charge in [0.05, 0.1) is 23.2 Å². The van der Waals surface area contributed by atoms with Gasteiger partial charge in [-0.15, -0.1) is 0 Å². The van der Waals surface area contributed by atoms with Gasteiger partial charge in [-0.25, -0.2) is 4.98 Å². The summed E-state index contributed by atoms with van der Waals surface area (Å²) in [5.41, 5.74) is 4.91. The van der Waals surface area contributed by atoms with Gasteiger partial charge in [-0.1, -0.05) is 42.5 Å². The molecule has 0 aliphatic carbocycles. The Hall–Kier alpha value is -2.75. The molecular weight excluding hydrogens is 272 g/mol. The van der Waals surface area contributed by atoms with E-state index >= 15 is 0 Å². The number of fused-ring (bicyclic) bond motifs is 1. The molecule has 22 heavy (non-hydrogen) atoms. The molecule has 4 nitrogen and oxygen atoms in total. The lowest BCUT2D eigenvalue weighted by Gasteiger charge is -2.03. The molecule has 0 saturated heterocycles. The molecular formula is C18H18N4. The summed E-state index contributed by atoms with van der Waals surface area (Å²) in [7, 11) is 0. The number of rotatable bonds is 4. The number of benzene rings is 2. The minimum Gasteiger partial charge on any atom is -0.342 e. The average Bonchev–Trinajstić information content (AvgIpc) is 2.94. The molecule has 3 rings (SSSR count). The Morgan fingerprint density at radius 3 is 2.41 bits per heavy atom. The summed E-state index contributed by atoms with van der Waals surface area (Å²) in [5, 5.41) is 8.62. The normalized spacial score (nSPS) is 11.6. The van der Waals surface area contributed by atoms with Crippen LogP contribution in [0.25, 0.3) is 11.0 Å². The minimum atomic E-state index is 0.621. The van der Waals surface area contributed by atoms with E-state index < -0.39 is 0 Å². The number of H-pyrrole nitrogens is 1. The third-order valence-corrected chi connectivity index (χ3v) is 3.25. The number of imidazole rings is 1. The van der Waals surface area contributed by atoms with E-state index in [1.807, 2.05) is 68.4 Å². The van der Waals surface area contributed by atoms with Gasteiger partial charge in [0.15, 0.2) is 0 Å². The smallest absolute Gasteiger partial charge is 0.113 e. The van der Waals surface area contributed by atoms with E-state index in [-0.39, 0.29) is 0 Å². The molecule has 0 fully saturated rings. The van der Waals surface area contributed by atoms with Gasteiger partial charge in [-0.2, -0.15) is 10.2 Å². The van der Waals surface area contributed by atoms with Crippen molar-refractivity contribution in [3.05, 3.63) is 66.0 Å². The molecule has 0 atom stereocenters. The van der Waals surface area contributed by atoms with Crippen molar-refractivity contribution in [3.63, 3.8) is 0 Å². The number of hydrogen-bond acceptors (Lipinski definition) is 3. The highest BCUT2D eigenvalue weighted by Crippen LogP contribution is 2.13. The molecule has 1 N–H and O–H groups in total. The van der Waals surface area contributed by atoms with E-state index in [0.29, 0.717) is 6.42 Å². The summed E-state index contributed by atoms with van der Waals surface area (Å²) in [5.74, 6) is 0.896. The van der Waals surface area contributed by atoms with E-state index in [4.69, 9.17) is 0 Å². The highest BCUT2D eigenvalue weighted by Gasteiger charge is 2.09. The third-order valence-electron chi connectivity index (χ3n) is 3.25. The first-order valence-electron chi connectivity index (χ1n) is 7.29. The van der Waals surface area contributed by atoms with Gasteiger partial charge in [0.1, 0.15) is 5.82 Å². The van der Waals surface area contributed by atoms with Crippen molar-refractivity contribution in [2.45, 2.75) is 20.3 Å². The van der Waals surface area contributed by atoms with Crippen LogP contribution in [0.15, 0.2) is 64.8 Å². The Balaban J connectivity index is 1.96. The van der Waals surface area contributed by atoms with Gasteiger partial charge in [0.25, 0.3) is 0 Å². The van der Waals surface area contributed by atoms with E-state index in [1.165, 1.54) is 0 Å². The summed E-state index contributed by atoms with van der Waals surface area (Å²) >= 11 is 0. The van der Waals surface area contributed by atoms with E-state index in [2.05, 4.69) is 20.2 Å². The number of para-hydroxylation sites is 2. The van der Waals surface area contributed by atoms with E-state index in [0.717, 1.165) is 33.8 Å². The fraction of sp³-hybridized carbons (Fsp3) is 0.167. The summed E-state index contributed by atoms with van der Waals surface area (Å²) in [6.45, 7) is 3.88. The number of hydrogen-bond donors (Lipinski definition) is 1. The van der Waals surface area contributed by atoms with Gasteiger partial charge >= 0.3 is 0 Å². The molecule has 0 amide bonds. The monoisotopic (exact) mass is 290 g/mol. The second-order valence-electron chi connectivity index (χ2n) is 5.34. The summed E-state index contributed by atoms with van der Waals surface area (Å²) in [6.07, 6.45) is 0.621. The van der Waals surface area contributed by atoms with Crippen molar-refractivity contribution in [2.24, 2.45) is 10.2 Å². The van der Waals surface area contributed by atoms with E-state index in [1.54, 1.807) is 0 Å². The van der Waals surface area contributed by atoms with Crippen molar-refractivity contribution in [1.29, 1.82) is 0 Å². The van der Waals surface area contributed by atoms with Crippen LogP contribution in [0, 0.1) is 0 Å². The Morgan fingerprint density at radius 2 is 1.68 bits per heavy atom. The highest BCUT2D eigenvalue weighted by molar-refractivity contribution is 6.02. The molecule has 1 heterocycles. The number of aromatic amines is 1. The maximum atomic E-state index is 4.62. The van der Waals surface area contributed by atoms with Crippen molar-refractivity contribution in [1.82, 2.24) is 9.97 Å². The highest BCUT2D eigenvalue weighted by atomic mass is 15.2. The summed E-state index contributed by atoms with van der Waals surface area (Å²) in [6, 6.07) is 18.1. The predicted octanol–water partition coefficient (Wildman–Crippen LogP) is 3.99. The van der Waals surface area contributed by atoms with Gasteiger partial charge in [0, 0.05) is 5.71 Å². The van der Waals surface area contributed by atoms with Crippen LogP contribution < -0.4 is 0 Å². The van der Waals surface area contributed by atoms with Crippen molar-refractivity contribution in [2.75, 3.05) is 0 Å². The van der Waals surface area contributed by atoms with Crippen LogP contribution in [0.2, 0.25) is 0 Å². The zero-order valence-corrected chi connectivity index (χ0v) is 12.7. The molecule has 0 spiro atoms. The average molecular weight is 290 g/mol. The first-order valence-corrected chi connectivity index (χ1v) is 7.29. The predicted molar refractivity (Wildman–Crippen MR) is 91.6 cm³/mol. The maximum absolute atomic E-state index is 4.62. The third kappa shape index (κ3) is 3.28. The molecule has 0 aliphatic rings. The molecule has 1 aromatic heterocycles. The van der Waals surface area contributed by atoms with Gasteiger partial charge in [-0.05, 0) is 31.5 Å². The van der Waals surface area contributed by atoms with E-state index in [9.17, 15) is 0 Å². The largest absolute Gasteiger partial charge is 0.342 e. The second-order valence-corrected chi connectivity index (χ2v) is 5.34. The maximum Gasteiger partial charge on any atom is 0.113 e. The van der Waals surface area contributed by atoms with Gasteiger partial charge in [-0.3, -0.25) is 0 Å². The number of aromatic nitrogens is 2. The molecule has 3 aromatic rings. The molecule has 0 saturated carbocycles. The van der Waals surface area contributed by atoms with Crippen molar-refractivity contribution < 1.29 is 0 Å². The quantitative estimate of drug-likeness (QED) is 0.573. The van der Waals surface area contributed by atoms with Crippen LogP contribution >= 0.6 is 0 Å². The SMILES string of the molecule is CC(C)=N/N=C(/Cc1nc2ccccc2[nH]1)c1ccccc1. The summed E-state index contributed by atoms with van der Waals surface area (Å²) in [4.78, 5) is 7.96. The van der Waals surface area contributed by atoms with Crippen LogP contribution in [0.4, 0.5) is 0 Å². The Kier molecular flexibility index (Phi) is 4.10. The molecule has 110 valence electrons. The molecule has 0 unspecified atom stereocenters. The number of nitrogens with one attached hydrogen (secondary N) is 1. The van der Waals surface area contributed by atoms with Crippen molar-refractivity contribution in [3.8, 4) is 0 Å². The molecule has 0 aliphatic heterocycles. The zero-order valence-electron chi connectivity index (χ0n) is 12.7. The van der Waals surface area contributed by atoms with Gasteiger partial charge in [0.2, 0.25) is 0 Å². The fourth-order valence-corrected chi connectivity index (χ4v) is 2.23. The lowest BCUT2D eigenvalue weighted by Crippen LogP contribution is -2.06. The standard InChI is InChI=1S/C18H18N4/c1-13(2)21-22-17(14-8-4-3-5-9-14)12-18-19-15-10-6-7-11-16(15)20-18/h3-11H,12H2,1-2H3,(H,19,20)/b22-17-. The van der Waals surface area contributed by atoms with Crippen LogP contribution in [-0.4, -0.2) is 21.4 Å². The second kappa shape index (κ2) is 6.35.